The lowest BCUT2D eigenvalue weighted by atomic mass is 10.0. The lowest BCUT2D eigenvalue weighted by molar-refractivity contribution is 0.0557. The molecule has 1 aliphatic rings. The van der Waals surface area contributed by atoms with Gasteiger partial charge in [-0.15, -0.1) is 24.8 Å². The van der Waals surface area contributed by atoms with Gasteiger partial charge in [0.25, 0.3) is 0 Å². The van der Waals surface area contributed by atoms with Crippen LogP contribution in [-0.2, 0) is 6.54 Å². The first-order valence-electron chi connectivity index (χ1n) is 7.40. The van der Waals surface area contributed by atoms with Crippen LogP contribution >= 0.6 is 24.8 Å². The number of oxazole rings is 1. The molecule has 3 N–H and O–H groups in total. The van der Waals surface area contributed by atoms with Crippen LogP contribution in [-0.4, -0.2) is 40.2 Å². The topological polar surface area (TPSA) is 75.5 Å². The number of nitrogens with two attached hydrogens (primary N) is 1. The summed E-state index contributed by atoms with van der Waals surface area (Å²) in [5.74, 6) is 0.588. The molecule has 0 spiro atoms. The van der Waals surface area contributed by atoms with E-state index in [0.29, 0.717) is 37.4 Å². The molecule has 0 unspecified atom stereocenters. The summed E-state index contributed by atoms with van der Waals surface area (Å²) in [6.07, 6.45) is 0.205. The van der Waals surface area contributed by atoms with E-state index in [-0.39, 0.29) is 42.6 Å². The average molecular weight is 378 g/mol. The first kappa shape index (κ1) is 20.9. The van der Waals surface area contributed by atoms with Gasteiger partial charge in [-0.25, -0.2) is 9.37 Å². The number of nitrogens with zero attached hydrogens (tertiary/aromatic N) is 2. The number of likely N-dealkylation sites (tertiary alicyclic amines) is 1. The molecule has 0 saturated carbocycles. The van der Waals surface area contributed by atoms with Crippen LogP contribution in [0.4, 0.5) is 4.39 Å². The van der Waals surface area contributed by atoms with Crippen molar-refractivity contribution in [2.75, 3.05) is 13.1 Å². The lowest BCUT2D eigenvalue weighted by Gasteiger charge is -2.33. The van der Waals surface area contributed by atoms with Crippen LogP contribution in [0.2, 0.25) is 0 Å². The number of piperidine rings is 1. The first-order chi connectivity index (χ1) is 10.5. The average Bonchev–Trinajstić information content (AvgIpc) is 2.79. The highest BCUT2D eigenvalue weighted by Gasteiger charge is 2.25. The largest absolute Gasteiger partial charge is 0.441 e. The Kier molecular flexibility index (Phi) is 7.63. The van der Waals surface area contributed by atoms with Crippen molar-refractivity contribution in [2.24, 2.45) is 5.73 Å². The van der Waals surface area contributed by atoms with Gasteiger partial charge in [0.1, 0.15) is 11.6 Å². The van der Waals surface area contributed by atoms with Crippen molar-refractivity contribution >= 4 is 24.8 Å². The van der Waals surface area contributed by atoms with Crippen molar-refractivity contribution < 1.29 is 13.9 Å². The van der Waals surface area contributed by atoms with Gasteiger partial charge in [0.2, 0.25) is 5.89 Å². The lowest BCUT2D eigenvalue weighted by Crippen LogP contribution is -2.48. The molecule has 1 saturated heterocycles. The van der Waals surface area contributed by atoms with Gasteiger partial charge in [0.05, 0.1) is 17.4 Å². The first-order valence-corrected chi connectivity index (χ1v) is 7.40. The zero-order chi connectivity index (χ0) is 15.7. The Morgan fingerprint density at radius 2 is 2.04 bits per heavy atom. The maximum absolute atomic E-state index is 13.8. The van der Waals surface area contributed by atoms with Crippen LogP contribution in [0.25, 0.3) is 11.5 Å². The van der Waals surface area contributed by atoms with Crippen molar-refractivity contribution in [1.29, 1.82) is 0 Å². The van der Waals surface area contributed by atoms with Gasteiger partial charge in [-0.1, -0.05) is 12.1 Å². The fourth-order valence-electron chi connectivity index (χ4n) is 2.87. The second-order valence-corrected chi connectivity index (χ2v) is 5.85. The van der Waals surface area contributed by atoms with E-state index in [9.17, 15) is 9.50 Å². The van der Waals surface area contributed by atoms with Gasteiger partial charge in [0.15, 0.2) is 0 Å². The van der Waals surface area contributed by atoms with Crippen molar-refractivity contribution in [3.05, 3.63) is 41.5 Å². The number of β-amino-alcohol motifs (C(OH)–C–C–N with tert-alkyl or cyclic N) is 1. The molecule has 24 heavy (non-hydrogen) atoms. The molecule has 0 amide bonds. The van der Waals surface area contributed by atoms with Gasteiger partial charge in [-0.2, -0.15) is 0 Å². The highest BCUT2D eigenvalue weighted by molar-refractivity contribution is 5.85. The van der Waals surface area contributed by atoms with Crippen molar-refractivity contribution in [3.63, 3.8) is 0 Å². The molecule has 0 radical (unpaired) electrons. The Labute approximate surface area is 152 Å². The van der Waals surface area contributed by atoms with E-state index < -0.39 is 6.10 Å². The minimum Gasteiger partial charge on any atom is -0.441 e. The van der Waals surface area contributed by atoms with Crippen LogP contribution < -0.4 is 5.73 Å². The van der Waals surface area contributed by atoms with Gasteiger partial charge in [-0.05, 0) is 25.5 Å². The van der Waals surface area contributed by atoms with E-state index >= 15 is 0 Å². The number of hydrogen-bond donors (Lipinski definition) is 2. The van der Waals surface area contributed by atoms with Crippen LogP contribution in [0.15, 0.2) is 28.7 Å². The fraction of sp³-hybridized carbons (Fsp3) is 0.438. The summed E-state index contributed by atoms with van der Waals surface area (Å²) >= 11 is 0. The molecule has 1 aliphatic heterocycles. The van der Waals surface area contributed by atoms with E-state index in [1.54, 1.807) is 18.2 Å². The van der Waals surface area contributed by atoms with E-state index in [1.165, 1.54) is 6.07 Å². The molecule has 3 rings (SSSR count). The van der Waals surface area contributed by atoms with Gasteiger partial charge in [0, 0.05) is 25.7 Å². The van der Waals surface area contributed by atoms with E-state index in [1.807, 2.05) is 6.92 Å². The van der Waals surface area contributed by atoms with Crippen molar-refractivity contribution in [3.8, 4) is 11.5 Å². The third-order valence-electron chi connectivity index (χ3n) is 3.91. The second-order valence-electron chi connectivity index (χ2n) is 5.85. The molecular weight excluding hydrogens is 356 g/mol. The standard InChI is InChI=1S/C16H20FN3O2.2ClH/c1-10-15(9-20-7-11(18)6-12(21)8-20)19-16(22-10)13-4-2-3-5-14(13)17;;/h2-5,11-12,21H,6-9,18H2,1H3;2*1H/t11-,12+;;/m0../s1. The molecule has 1 aromatic carbocycles. The van der Waals surface area contributed by atoms with Crippen LogP contribution in [0.5, 0.6) is 0 Å². The molecule has 8 heteroatoms. The number of hydrogen-bond acceptors (Lipinski definition) is 5. The minimum atomic E-state index is -0.415. The predicted octanol–water partition coefficient (Wildman–Crippen LogP) is 2.53. The molecule has 2 aromatic rings. The summed E-state index contributed by atoms with van der Waals surface area (Å²) in [5, 5.41) is 9.80. The van der Waals surface area contributed by atoms with E-state index in [2.05, 4.69) is 9.88 Å². The number of aryl methyl sites for hydroxylation is 1. The Hall–Kier alpha value is -1.18. The Balaban J connectivity index is 0.00000144. The summed E-state index contributed by atoms with van der Waals surface area (Å²) < 4.78 is 19.4. The molecule has 0 bridgehead atoms. The summed E-state index contributed by atoms with van der Waals surface area (Å²) in [7, 11) is 0. The Bertz CT molecular complexity index is 659. The zero-order valence-corrected chi connectivity index (χ0v) is 14.9. The molecule has 0 aliphatic carbocycles. The van der Waals surface area contributed by atoms with Crippen LogP contribution in [0.3, 0.4) is 0 Å². The molecular formula is C16H22Cl2FN3O2. The predicted molar refractivity (Wildman–Crippen MR) is 95.0 cm³/mol. The zero-order valence-electron chi connectivity index (χ0n) is 13.3. The summed E-state index contributed by atoms with van der Waals surface area (Å²) in [5.41, 5.74) is 7.03. The fourth-order valence-corrected chi connectivity index (χ4v) is 2.87. The molecule has 2 heterocycles. The summed E-state index contributed by atoms with van der Waals surface area (Å²) in [4.78, 5) is 6.46. The smallest absolute Gasteiger partial charge is 0.229 e. The second kappa shape index (κ2) is 8.78. The minimum absolute atomic E-state index is 0. The normalized spacial score (nSPS) is 21.0. The maximum Gasteiger partial charge on any atom is 0.229 e. The maximum atomic E-state index is 13.8. The van der Waals surface area contributed by atoms with E-state index in [4.69, 9.17) is 10.2 Å². The van der Waals surface area contributed by atoms with Crippen molar-refractivity contribution in [1.82, 2.24) is 9.88 Å². The van der Waals surface area contributed by atoms with Crippen LogP contribution in [0.1, 0.15) is 17.9 Å². The highest BCUT2D eigenvalue weighted by Crippen LogP contribution is 2.25. The summed E-state index contributed by atoms with van der Waals surface area (Å²) in [6.45, 7) is 3.62. The van der Waals surface area contributed by atoms with Crippen LogP contribution in [0, 0.1) is 12.7 Å². The molecule has 1 aromatic heterocycles. The number of benzene rings is 1. The SMILES string of the molecule is Cc1oc(-c2ccccc2F)nc1CN1C[C@@H](N)C[C@@H](O)C1.Cl.Cl. The number of rotatable bonds is 3. The number of aliphatic hydroxyl groups excluding tert-OH is 1. The molecule has 5 nitrogen and oxygen atoms in total. The quantitative estimate of drug-likeness (QED) is 0.859. The van der Waals surface area contributed by atoms with Gasteiger partial charge >= 0.3 is 0 Å². The third-order valence-corrected chi connectivity index (χ3v) is 3.91. The van der Waals surface area contributed by atoms with Gasteiger partial charge < -0.3 is 15.3 Å². The summed E-state index contributed by atoms with van der Waals surface area (Å²) in [6, 6.07) is 6.37. The van der Waals surface area contributed by atoms with Crippen molar-refractivity contribution in [2.45, 2.75) is 32.0 Å². The monoisotopic (exact) mass is 377 g/mol. The molecule has 1 fully saturated rings. The van der Waals surface area contributed by atoms with Gasteiger partial charge in [-0.3, -0.25) is 4.90 Å². The molecule has 134 valence electrons. The number of halogens is 3. The number of aliphatic hydroxyl groups is 1. The Morgan fingerprint density at radius 3 is 2.71 bits per heavy atom. The third kappa shape index (κ3) is 4.68. The van der Waals surface area contributed by atoms with E-state index in [0.717, 1.165) is 5.69 Å². The number of aromatic nitrogens is 1. The Morgan fingerprint density at radius 1 is 1.33 bits per heavy atom. The highest BCUT2D eigenvalue weighted by atomic mass is 35.5. The molecule has 2 atom stereocenters.